The number of benzene rings is 2. The molecule has 7 heteroatoms. The van der Waals surface area contributed by atoms with E-state index >= 15 is 0 Å². The van der Waals surface area contributed by atoms with E-state index in [1.807, 2.05) is 12.1 Å². The molecule has 0 spiro atoms. The highest BCUT2D eigenvalue weighted by molar-refractivity contribution is 6.33. The topological polar surface area (TPSA) is 53.6 Å². The third kappa shape index (κ3) is 4.32. The lowest BCUT2D eigenvalue weighted by molar-refractivity contribution is 0.122. The molecule has 0 aliphatic carbocycles. The third-order valence-corrected chi connectivity index (χ3v) is 4.21. The molecular formula is C17H17Cl2N3O2. The van der Waals surface area contributed by atoms with Crippen molar-refractivity contribution in [2.75, 3.05) is 41.8 Å². The molecule has 2 aromatic carbocycles. The van der Waals surface area contributed by atoms with Crippen molar-refractivity contribution in [3.63, 3.8) is 0 Å². The predicted octanol–water partition coefficient (Wildman–Crippen LogP) is 4.47. The number of anilines is 3. The molecule has 2 aromatic rings. The number of hydrogen-bond donors (Lipinski definition) is 2. The van der Waals surface area contributed by atoms with Gasteiger partial charge in [0.1, 0.15) is 0 Å². The minimum absolute atomic E-state index is 0.340. The van der Waals surface area contributed by atoms with E-state index < -0.39 is 0 Å². The Morgan fingerprint density at radius 2 is 1.58 bits per heavy atom. The Labute approximate surface area is 150 Å². The summed E-state index contributed by atoms with van der Waals surface area (Å²) in [6.07, 6.45) is 0. The maximum atomic E-state index is 12.0. The first-order chi connectivity index (χ1) is 11.6. The Balaban J connectivity index is 1.63. The summed E-state index contributed by atoms with van der Waals surface area (Å²) in [5.41, 5.74) is 2.24. The summed E-state index contributed by atoms with van der Waals surface area (Å²) in [5, 5.41) is 6.72. The first-order valence-corrected chi connectivity index (χ1v) is 8.33. The number of urea groups is 1. The SMILES string of the molecule is O=C(Nc1ccc(Cl)cc1)Nc1ccc(N2CCOCC2)c(Cl)c1. The van der Waals surface area contributed by atoms with Gasteiger partial charge in [0.15, 0.2) is 0 Å². The normalized spacial score (nSPS) is 14.3. The largest absolute Gasteiger partial charge is 0.378 e. The highest BCUT2D eigenvalue weighted by Crippen LogP contribution is 2.29. The first-order valence-electron chi connectivity index (χ1n) is 7.57. The van der Waals surface area contributed by atoms with Crippen molar-refractivity contribution in [2.45, 2.75) is 0 Å². The van der Waals surface area contributed by atoms with Crippen LogP contribution in [0.4, 0.5) is 21.9 Å². The van der Waals surface area contributed by atoms with E-state index in [-0.39, 0.29) is 6.03 Å². The van der Waals surface area contributed by atoms with Gasteiger partial charge in [-0.3, -0.25) is 0 Å². The van der Waals surface area contributed by atoms with Crippen molar-refractivity contribution >= 4 is 46.3 Å². The van der Waals surface area contributed by atoms with Gasteiger partial charge in [0.25, 0.3) is 0 Å². The van der Waals surface area contributed by atoms with E-state index in [2.05, 4.69) is 15.5 Å². The minimum Gasteiger partial charge on any atom is -0.378 e. The van der Waals surface area contributed by atoms with E-state index in [1.54, 1.807) is 30.3 Å². The van der Waals surface area contributed by atoms with Crippen molar-refractivity contribution in [2.24, 2.45) is 0 Å². The lowest BCUT2D eigenvalue weighted by Crippen LogP contribution is -2.36. The van der Waals surface area contributed by atoms with Gasteiger partial charge in [0.2, 0.25) is 0 Å². The lowest BCUT2D eigenvalue weighted by atomic mass is 10.2. The van der Waals surface area contributed by atoms with Gasteiger partial charge in [-0.15, -0.1) is 0 Å². The molecule has 5 nitrogen and oxygen atoms in total. The van der Waals surface area contributed by atoms with Crippen LogP contribution in [0.1, 0.15) is 0 Å². The van der Waals surface area contributed by atoms with Crippen LogP contribution in [-0.2, 0) is 4.74 Å². The number of hydrogen-bond acceptors (Lipinski definition) is 3. The molecule has 1 heterocycles. The fourth-order valence-corrected chi connectivity index (χ4v) is 2.90. The molecule has 126 valence electrons. The summed E-state index contributed by atoms with van der Waals surface area (Å²) in [7, 11) is 0. The Morgan fingerprint density at radius 3 is 2.25 bits per heavy atom. The number of ether oxygens (including phenoxy) is 1. The van der Waals surface area contributed by atoms with Crippen LogP contribution >= 0.6 is 23.2 Å². The number of nitrogens with one attached hydrogen (secondary N) is 2. The van der Waals surface area contributed by atoms with Gasteiger partial charge in [-0.25, -0.2) is 4.79 Å². The zero-order valence-corrected chi connectivity index (χ0v) is 14.4. The van der Waals surface area contributed by atoms with Crippen molar-refractivity contribution in [1.29, 1.82) is 0 Å². The molecule has 24 heavy (non-hydrogen) atoms. The number of nitrogens with zero attached hydrogens (tertiary/aromatic N) is 1. The Morgan fingerprint density at radius 1 is 0.958 bits per heavy atom. The molecule has 1 aliphatic rings. The van der Waals surface area contributed by atoms with Crippen LogP contribution in [0.2, 0.25) is 10.0 Å². The molecule has 0 saturated carbocycles. The summed E-state index contributed by atoms with van der Waals surface area (Å²) in [6.45, 7) is 3.01. The van der Waals surface area contributed by atoms with E-state index in [1.165, 1.54) is 0 Å². The molecule has 0 atom stereocenters. The van der Waals surface area contributed by atoms with Gasteiger partial charge in [0, 0.05) is 29.5 Å². The Kier molecular flexibility index (Phi) is 5.45. The number of halogens is 2. The molecule has 2 N–H and O–H groups in total. The van der Waals surface area contributed by atoms with Crippen LogP contribution in [0.15, 0.2) is 42.5 Å². The first kappa shape index (κ1) is 16.9. The molecule has 0 bridgehead atoms. The summed E-state index contributed by atoms with van der Waals surface area (Å²) in [5.74, 6) is 0. The van der Waals surface area contributed by atoms with Crippen molar-refractivity contribution in [3.05, 3.63) is 52.5 Å². The summed E-state index contributed by atoms with van der Waals surface area (Å²) in [4.78, 5) is 14.2. The van der Waals surface area contributed by atoms with E-state index in [9.17, 15) is 4.79 Å². The molecular weight excluding hydrogens is 349 g/mol. The highest BCUT2D eigenvalue weighted by Gasteiger charge is 2.14. The molecule has 3 rings (SSSR count). The lowest BCUT2D eigenvalue weighted by Gasteiger charge is -2.29. The maximum absolute atomic E-state index is 12.0. The fourth-order valence-electron chi connectivity index (χ4n) is 2.47. The van der Waals surface area contributed by atoms with E-state index in [4.69, 9.17) is 27.9 Å². The predicted molar refractivity (Wildman–Crippen MR) is 98.6 cm³/mol. The molecule has 0 unspecified atom stereocenters. The number of amides is 2. The van der Waals surface area contributed by atoms with Crippen LogP contribution in [0.5, 0.6) is 0 Å². The van der Waals surface area contributed by atoms with Crippen LogP contribution in [-0.4, -0.2) is 32.3 Å². The van der Waals surface area contributed by atoms with Gasteiger partial charge < -0.3 is 20.3 Å². The Bertz CT molecular complexity index is 716. The van der Waals surface area contributed by atoms with Crippen molar-refractivity contribution in [3.8, 4) is 0 Å². The molecule has 0 radical (unpaired) electrons. The van der Waals surface area contributed by atoms with Crippen LogP contribution in [0.3, 0.4) is 0 Å². The average molecular weight is 366 g/mol. The Hall–Kier alpha value is -1.95. The third-order valence-electron chi connectivity index (χ3n) is 3.66. The second-order valence-corrected chi connectivity index (χ2v) is 6.20. The summed E-state index contributed by atoms with van der Waals surface area (Å²) >= 11 is 12.2. The maximum Gasteiger partial charge on any atom is 0.323 e. The molecule has 1 fully saturated rings. The van der Waals surface area contributed by atoms with Crippen molar-refractivity contribution < 1.29 is 9.53 Å². The van der Waals surface area contributed by atoms with E-state index in [0.717, 1.165) is 18.8 Å². The van der Waals surface area contributed by atoms with Gasteiger partial charge in [-0.1, -0.05) is 23.2 Å². The monoisotopic (exact) mass is 365 g/mol. The van der Waals surface area contributed by atoms with Gasteiger partial charge in [-0.05, 0) is 42.5 Å². The van der Waals surface area contributed by atoms with Crippen LogP contribution < -0.4 is 15.5 Å². The zero-order chi connectivity index (χ0) is 16.9. The number of carbonyl (C=O) groups is 1. The zero-order valence-electron chi connectivity index (χ0n) is 12.9. The molecule has 2 amide bonds. The highest BCUT2D eigenvalue weighted by atomic mass is 35.5. The standard InChI is InChI=1S/C17H17Cl2N3O2/c18-12-1-3-13(4-2-12)20-17(23)21-14-5-6-16(15(19)11-14)22-7-9-24-10-8-22/h1-6,11H,7-10H2,(H2,20,21,23). The second kappa shape index (κ2) is 7.75. The molecule has 1 aliphatic heterocycles. The van der Waals surface area contributed by atoms with E-state index in [0.29, 0.717) is 34.6 Å². The van der Waals surface area contributed by atoms with Crippen LogP contribution in [0.25, 0.3) is 0 Å². The van der Waals surface area contributed by atoms with Gasteiger partial charge in [0.05, 0.1) is 23.9 Å². The quantitative estimate of drug-likeness (QED) is 0.843. The average Bonchev–Trinajstić information content (AvgIpc) is 2.58. The summed E-state index contributed by atoms with van der Waals surface area (Å²) < 4.78 is 5.34. The smallest absolute Gasteiger partial charge is 0.323 e. The molecule has 0 aromatic heterocycles. The second-order valence-electron chi connectivity index (χ2n) is 5.35. The number of carbonyl (C=O) groups excluding carboxylic acids is 1. The van der Waals surface area contributed by atoms with Crippen LogP contribution in [0, 0.1) is 0 Å². The number of morpholine rings is 1. The molecule has 1 saturated heterocycles. The van der Waals surface area contributed by atoms with Crippen molar-refractivity contribution in [1.82, 2.24) is 0 Å². The van der Waals surface area contributed by atoms with Gasteiger partial charge in [-0.2, -0.15) is 0 Å². The summed E-state index contributed by atoms with van der Waals surface area (Å²) in [6, 6.07) is 12.0. The van der Waals surface area contributed by atoms with Gasteiger partial charge >= 0.3 is 6.03 Å². The fraction of sp³-hybridized carbons (Fsp3) is 0.235. The minimum atomic E-state index is -0.340. The number of rotatable bonds is 3.